The summed E-state index contributed by atoms with van der Waals surface area (Å²) in [4.78, 5) is 8.66. The molecule has 0 aliphatic heterocycles. The van der Waals surface area contributed by atoms with Crippen molar-refractivity contribution in [3.8, 4) is 22.6 Å². The topological polar surface area (TPSA) is 56.5 Å². The minimum absolute atomic E-state index is 0.817. The molecule has 0 radical (unpaired) electrons. The van der Waals surface area contributed by atoms with Gasteiger partial charge in [0.15, 0.2) is 0 Å². The van der Waals surface area contributed by atoms with Crippen molar-refractivity contribution in [2.75, 3.05) is 0 Å². The van der Waals surface area contributed by atoms with Gasteiger partial charge in [0.2, 0.25) is 0 Å². The molecule has 0 amide bonds. The van der Waals surface area contributed by atoms with Crippen LogP contribution in [0.1, 0.15) is 0 Å². The van der Waals surface area contributed by atoms with Crippen LogP contribution in [0.2, 0.25) is 0 Å². The van der Waals surface area contributed by atoms with Gasteiger partial charge in [0.1, 0.15) is 5.69 Å². The first-order valence-corrected chi connectivity index (χ1v) is 5.57. The van der Waals surface area contributed by atoms with Crippen molar-refractivity contribution in [1.82, 2.24) is 25.0 Å². The van der Waals surface area contributed by atoms with E-state index in [-0.39, 0.29) is 0 Å². The van der Waals surface area contributed by atoms with E-state index >= 15 is 0 Å². The highest BCUT2D eigenvalue weighted by Crippen LogP contribution is 2.18. The fraction of sp³-hybridized carbons (Fsp3) is 0.0769. The van der Waals surface area contributed by atoms with E-state index in [0.29, 0.717) is 0 Å². The van der Waals surface area contributed by atoms with Crippen LogP contribution in [-0.4, -0.2) is 25.0 Å². The van der Waals surface area contributed by atoms with E-state index in [2.05, 4.69) is 20.3 Å². The molecule has 0 saturated heterocycles. The maximum Gasteiger partial charge on any atom is 0.114 e. The molecule has 0 saturated carbocycles. The first-order valence-electron chi connectivity index (χ1n) is 5.57. The summed E-state index contributed by atoms with van der Waals surface area (Å²) < 4.78 is 1.67. The molecule has 0 spiro atoms. The highest BCUT2D eigenvalue weighted by Gasteiger charge is 2.04. The van der Waals surface area contributed by atoms with Crippen molar-refractivity contribution in [2.45, 2.75) is 0 Å². The molecule has 3 rings (SSSR count). The molecular weight excluding hydrogens is 226 g/mol. The molecule has 18 heavy (non-hydrogen) atoms. The van der Waals surface area contributed by atoms with Crippen LogP contribution in [0, 0.1) is 0 Å². The Morgan fingerprint density at radius 1 is 0.944 bits per heavy atom. The van der Waals surface area contributed by atoms with Crippen molar-refractivity contribution >= 4 is 0 Å². The van der Waals surface area contributed by atoms with Crippen molar-refractivity contribution in [3.63, 3.8) is 0 Å². The molecule has 0 fully saturated rings. The van der Waals surface area contributed by atoms with E-state index in [1.807, 2.05) is 43.6 Å². The van der Waals surface area contributed by atoms with Crippen LogP contribution in [0.3, 0.4) is 0 Å². The Bertz CT molecular complexity index is 643. The highest BCUT2D eigenvalue weighted by atomic mass is 15.4. The SMILES string of the molecule is Cn1cc(-c2ccc(-c3ccccn3)nc2)nn1. The van der Waals surface area contributed by atoms with Gasteiger partial charge in [0.05, 0.1) is 17.6 Å². The molecule has 3 heterocycles. The van der Waals surface area contributed by atoms with Crippen molar-refractivity contribution < 1.29 is 0 Å². The summed E-state index contributed by atoms with van der Waals surface area (Å²) in [7, 11) is 1.84. The summed E-state index contributed by atoms with van der Waals surface area (Å²) in [5.74, 6) is 0. The van der Waals surface area contributed by atoms with Crippen molar-refractivity contribution in [3.05, 3.63) is 48.9 Å². The number of aryl methyl sites for hydroxylation is 1. The number of hydrogen-bond donors (Lipinski definition) is 0. The van der Waals surface area contributed by atoms with Gasteiger partial charge < -0.3 is 0 Å². The van der Waals surface area contributed by atoms with Gasteiger partial charge in [-0.25, -0.2) is 0 Å². The predicted molar refractivity (Wildman–Crippen MR) is 67.5 cm³/mol. The number of aromatic nitrogens is 5. The summed E-state index contributed by atoms with van der Waals surface area (Å²) in [6.07, 6.45) is 5.40. The lowest BCUT2D eigenvalue weighted by Gasteiger charge is -2.00. The smallest absolute Gasteiger partial charge is 0.114 e. The zero-order chi connectivity index (χ0) is 12.4. The van der Waals surface area contributed by atoms with Gasteiger partial charge >= 0.3 is 0 Å². The molecule has 3 aromatic heterocycles. The number of rotatable bonds is 2. The molecule has 0 aromatic carbocycles. The van der Waals surface area contributed by atoms with E-state index in [1.165, 1.54) is 0 Å². The van der Waals surface area contributed by atoms with E-state index in [9.17, 15) is 0 Å². The molecule has 0 bridgehead atoms. The zero-order valence-corrected chi connectivity index (χ0v) is 9.85. The van der Waals surface area contributed by atoms with Crippen LogP contribution >= 0.6 is 0 Å². The van der Waals surface area contributed by atoms with Crippen LogP contribution in [0.4, 0.5) is 0 Å². The average molecular weight is 237 g/mol. The molecule has 0 unspecified atom stereocenters. The second kappa shape index (κ2) is 4.37. The van der Waals surface area contributed by atoms with Gasteiger partial charge in [-0.2, -0.15) is 0 Å². The van der Waals surface area contributed by atoms with Crippen LogP contribution in [0.5, 0.6) is 0 Å². The fourth-order valence-corrected chi connectivity index (χ4v) is 1.69. The monoisotopic (exact) mass is 237 g/mol. The lowest BCUT2D eigenvalue weighted by atomic mass is 10.2. The quantitative estimate of drug-likeness (QED) is 0.683. The third-order valence-corrected chi connectivity index (χ3v) is 2.59. The average Bonchev–Trinajstić information content (AvgIpc) is 2.87. The second-order valence-electron chi connectivity index (χ2n) is 3.92. The van der Waals surface area contributed by atoms with Gasteiger partial charge in [0, 0.05) is 25.0 Å². The zero-order valence-electron chi connectivity index (χ0n) is 9.85. The molecule has 0 aliphatic carbocycles. The van der Waals surface area contributed by atoms with Crippen molar-refractivity contribution in [1.29, 1.82) is 0 Å². The number of pyridine rings is 2. The molecule has 0 atom stereocenters. The minimum atomic E-state index is 0.817. The van der Waals surface area contributed by atoms with Gasteiger partial charge in [-0.3, -0.25) is 14.6 Å². The summed E-state index contributed by atoms with van der Waals surface area (Å²) >= 11 is 0. The fourth-order valence-electron chi connectivity index (χ4n) is 1.69. The Balaban J connectivity index is 1.94. The molecule has 3 aromatic rings. The maximum atomic E-state index is 4.40. The molecule has 5 nitrogen and oxygen atoms in total. The highest BCUT2D eigenvalue weighted by molar-refractivity contribution is 5.61. The number of hydrogen-bond acceptors (Lipinski definition) is 4. The van der Waals surface area contributed by atoms with E-state index in [0.717, 1.165) is 22.6 Å². The minimum Gasteiger partial charge on any atom is -0.255 e. The lowest BCUT2D eigenvalue weighted by molar-refractivity contribution is 0.715. The largest absolute Gasteiger partial charge is 0.255 e. The summed E-state index contributed by atoms with van der Waals surface area (Å²) in [5, 5.41) is 7.95. The molecule has 0 aliphatic rings. The molecule has 0 N–H and O–H groups in total. The van der Waals surface area contributed by atoms with Gasteiger partial charge in [-0.05, 0) is 24.3 Å². The lowest BCUT2D eigenvalue weighted by Crippen LogP contribution is -1.87. The summed E-state index contributed by atoms with van der Waals surface area (Å²) in [5.41, 5.74) is 3.48. The second-order valence-corrected chi connectivity index (χ2v) is 3.92. The van der Waals surface area contributed by atoms with Crippen LogP contribution < -0.4 is 0 Å². The summed E-state index contributed by atoms with van der Waals surface area (Å²) in [6.45, 7) is 0. The van der Waals surface area contributed by atoms with Gasteiger partial charge in [0.25, 0.3) is 0 Å². The first kappa shape index (κ1) is 10.6. The van der Waals surface area contributed by atoms with Crippen LogP contribution in [0.25, 0.3) is 22.6 Å². The standard InChI is InChI=1S/C13H11N5/c1-18-9-13(16-17-18)10-5-6-12(15-8-10)11-4-2-3-7-14-11/h2-9H,1H3. The normalized spacial score (nSPS) is 10.5. The third kappa shape index (κ3) is 1.98. The van der Waals surface area contributed by atoms with Crippen LogP contribution in [0.15, 0.2) is 48.9 Å². The Hall–Kier alpha value is -2.56. The Kier molecular flexibility index (Phi) is 2.57. The first-order chi connectivity index (χ1) is 8.83. The van der Waals surface area contributed by atoms with E-state index < -0.39 is 0 Å². The van der Waals surface area contributed by atoms with E-state index in [4.69, 9.17) is 0 Å². The Morgan fingerprint density at radius 3 is 2.44 bits per heavy atom. The predicted octanol–water partition coefficient (Wildman–Crippen LogP) is 1.94. The van der Waals surface area contributed by atoms with Gasteiger partial charge in [-0.1, -0.05) is 11.3 Å². The number of nitrogens with zero attached hydrogens (tertiary/aromatic N) is 5. The van der Waals surface area contributed by atoms with Crippen LogP contribution in [-0.2, 0) is 7.05 Å². The Labute approximate surface area is 104 Å². The van der Waals surface area contributed by atoms with Gasteiger partial charge in [-0.15, -0.1) is 5.10 Å². The van der Waals surface area contributed by atoms with Crippen molar-refractivity contribution in [2.24, 2.45) is 7.05 Å². The Morgan fingerprint density at radius 2 is 1.83 bits per heavy atom. The summed E-state index contributed by atoms with van der Waals surface area (Å²) in [6, 6.07) is 9.68. The third-order valence-electron chi connectivity index (χ3n) is 2.59. The molecule has 5 heteroatoms. The molecular formula is C13H11N5. The molecule has 88 valence electrons. The van der Waals surface area contributed by atoms with E-state index in [1.54, 1.807) is 17.1 Å². The maximum absolute atomic E-state index is 4.40.